The van der Waals surface area contributed by atoms with Crippen LogP contribution in [0.5, 0.6) is 0 Å². The van der Waals surface area contributed by atoms with Gasteiger partial charge in [0.25, 0.3) is 5.56 Å². The van der Waals surface area contributed by atoms with Gasteiger partial charge in [-0.15, -0.1) is 0 Å². The second-order valence-corrected chi connectivity index (χ2v) is 7.77. The summed E-state index contributed by atoms with van der Waals surface area (Å²) in [7, 11) is 0. The van der Waals surface area contributed by atoms with Gasteiger partial charge >= 0.3 is 0 Å². The van der Waals surface area contributed by atoms with Crippen molar-refractivity contribution in [2.75, 3.05) is 37.6 Å². The standard InChI is InChI=1S/C22H27N7O/c1-17(2)22-24-10-7-20(25-22)28-14-11-27(12-15-28)13-16-29-21(30)4-3-19(26-29)18-5-8-23-9-6-18/h3-10,17H,11-16H2,1-2H3. The summed E-state index contributed by atoms with van der Waals surface area (Å²) >= 11 is 0. The van der Waals surface area contributed by atoms with E-state index in [0.717, 1.165) is 55.6 Å². The first-order valence-electron chi connectivity index (χ1n) is 10.4. The number of hydrogen-bond donors (Lipinski definition) is 0. The maximum Gasteiger partial charge on any atom is 0.266 e. The zero-order chi connectivity index (χ0) is 20.9. The van der Waals surface area contributed by atoms with Crippen LogP contribution in [0, 0.1) is 0 Å². The van der Waals surface area contributed by atoms with Gasteiger partial charge in [0.15, 0.2) is 0 Å². The fourth-order valence-corrected chi connectivity index (χ4v) is 3.54. The number of aromatic nitrogens is 5. The predicted molar refractivity (Wildman–Crippen MR) is 117 cm³/mol. The van der Waals surface area contributed by atoms with Crippen molar-refractivity contribution in [3.05, 3.63) is 65.1 Å². The van der Waals surface area contributed by atoms with E-state index in [4.69, 9.17) is 4.98 Å². The molecule has 0 N–H and O–H groups in total. The molecule has 1 fully saturated rings. The topological polar surface area (TPSA) is 80.0 Å². The van der Waals surface area contributed by atoms with E-state index in [2.05, 4.69) is 38.7 Å². The molecule has 0 radical (unpaired) electrons. The molecule has 4 rings (SSSR count). The van der Waals surface area contributed by atoms with Crippen LogP contribution in [0.25, 0.3) is 11.3 Å². The average molecular weight is 406 g/mol. The van der Waals surface area contributed by atoms with Gasteiger partial charge in [-0.1, -0.05) is 13.8 Å². The van der Waals surface area contributed by atoms with E-state index in [1.165, 1.54) is 0 Å². The first-order chi connectivity index (χ1) is 14.6. The molecular formula is C22H27N7O. The van der Waals surface area contributed by atoms with Gasteiger partial charge in [-0.25, -0.2) is 14.6 Å². The van der Waals surface area contributed by atoms with Crippen molar-refractivity contribution in [1.82, 2.24) is 29.6 Å². The van der Waals surface area contributed by atoms with Gasteiger partial charge in [0, 0.05) is 68.9 Å². The molecule has 0 amide bonds. The zero-order valence-electron chi connectivity index (χ0n) is 17.5. The van der Waals surface area contributed by atoms with E-state index >= 15 is 0 Å². The molecule has 30 heavy (non-hydrogen) atoms. The van der Waals surface area contributed by atoms with Crippen molar-refractivity contribution in [1.29, 1.82) is 0 Å². The van der Waals surface area contributed by atoms with Gasteiger partial charge in [-0.05, 0) is 24.3 Å². The minimum atomic E-state index is -0.0753. The zero-order valence-corrected chi connectivity index (χ0v) is 17.5. The molecule has 0 saturated carbocycles. The van der Waals surface area contributed by atoms with E-state index in [1.807, 2.05) is 24.4 Å². The molecule has 0 aromatic carbocycles. The average Bonchev–Trinajstić information content (AvgIpc) is 2.79. The second-order valence-electron chi connectivity index (χ2n) is 7.77. The van der Waals surface area contributed by atoms with Crippen LogP contribution in [-0.2, 0) is 6.54 Å². The van der Waals surface area contributed by atoms with Gasteiger partial charge in [0.1, 0.15) is 11.6 Å². The Bertz CT molecular complexity index is 1030. The van der Waals surface area contributed by atoms with Crippen molar-refractivity contribution in [3.63, 3.8) is 0 Å². The van der Waals surface area contributed by atoms with Crippen molar-refractivity contribution in [3.8, 4) is 11.3 Å². The SMILES string of the molecule is CC(C)c1nccc(N2CCN(CCn3nc(-c4ccncc4)ccc3=O)CC2)n1. The molecule has 0 spiro atoms. The maximum absolute atomic E-state index is 12.2. The lowest BCUT2D eigenvalue weighted by molar-refractivity contribution is 0.242. The van der Waals surface area contributed by atoms with Crippen LogP contribution in [-0.4, -0.2) is 62.4 Å². The first-order valence-corrected chi connectivity index (χ1v) is 10.4. The fourth-order valence-electron chi connectivity index (χ4n) is 3.54. The predicted octanol–water partition coefficient (Wildman–Crippen LogP) is 2.04. The molecule has 0 bridgehead atoms. The van der Waals surface area contributed by atoms with Gasteiger partial charge in [-0.3, -0.25) is 14.7 Å². The summed E-state index contributed by atoms with van der Waals surface area (Å²) in [4.78, 5) is 30.0. The molecule has 3 aromatic heterocycles. The molecule has 1 aliphatic rings. The summed E-state index contributed by atoms with van der Waals surface area (Å²) in [5.74, 6) is 2.20. The number of piperazine rings is 1. The van der Waals surface area contributed by atoms with E-state index in [9.17, 15) is 4.79 Å². The molecule has 8 nitrogen and oxygen atoms in total. The highest BCUT2D eigenvalue weighted by atomic mass is 16.1. The lowest BCUT2D eigenvalue weighted by Gasteiger charge is -2.35. The summed E-state index contributed by atoms with van der Waals surface area (Å²) in [6, 6.07) is 9.13. The number of hydrogen-bond acceptors (Lipinski definition) is 7. The van der Waals surface area contributed by atoms with Gasteiger partial charge in [0.05, 0.1) is 12.2 Å². The van der Waals surface area contributed by atoms with Crippen molar-refractivity contribution >= 4 is 5.82 Å². The Hall–Kier alpha value is -3.13. The van der Waals surface area contributed by atoms with Crippen LogP contribution in [0.3, 0.4) is 0 Å². The molecule has 156 valence electrons. The minimum absolute atomic E-state index is 0.0753. The van der Waals surface area contributed by atoms with E-state index in [-0.39, 0.29) is 5.56 Å². The number of pyridine rings is 1. The molecule has 0 atom stereocenters. The lowest BCUT2D eigenvalue weighted by atomic mass is 10.2. The van der Waals surface area contributed by atoms with E-state index in [1.54, 1.807) is 29.2 Å². The summed E-state index contributed by atoms with van der Waals surface area (Å²) in [6.07, 6.45) is 5.30. The molecule has 0 aliphatic carbocycles. The summed E-state index contributed by atoms with van der Waals surface area (Å²) < 4.78 is 1.56. The van der Waals surface area contributed by atoms with Crippen LogP contribution in [0.15, 0.2) is 53.7 Å². The normalized spacial score (nSPS) is 15.0. The fraction of sp³-hybridized carbons (Fsp3) is 0.409. The molecule has 3 aromatic rings. The van der Waals surface area contributed by atoms with Crippen LogP contribution in [0.2, 0.25) is 0 Å². The van der Waals surface area contributed by atoms with Crippen LogP contribution >= 0.6 is 0 Å². The molecule has 1 saturated heterocycles. The Kier molecular flexibility index (Phi) is 6.13. The molecular weight excluding hydrogens is 378 g/mol. The van der Waals surface area contributed by atoms with Gasteiger partial charge in [0.2, 0.25) is 0 Å². The van der Waals surface area contributed by atoms with Crippen molar-refractivity contribution in [2.24, 2.45) is 0 Å². The summed E-state index contributed by atoms with van der Waals surface area (Å²) in [6.45, 7) is 9.26. The largest absolute Gasteiger partial charge is 0.354 e. The highest BCUT2D eigenvalue weighted by molar-refractivity contribution is 5.57. The molecule has 1 aliphatic heterocycles. The molecule has 4 heterocycles. The Morgan fingerprint density at radius 1 is 0.933 bits per heavy atom. The summed E-state index contributed by atoms with van der Waals surface area (Å²) in [5, 5.41) is 4.54. The van der Waals surface area contributed by atoms with E-state index < -0.39 is 0 Å². The second kappa shape index (κ2) is 9.13. The van der Waals surface area contributed by atoms with Gasteiger partial charge < -0.3 is 4.90 Å². The van der Waals surface area contributed by atoms with E-state index in [0.29, 0.717) is 12.5 Å². The Labute approximate surface area is 176 Å². The van der Waals surface area contributed by atoms with Gasteiger partial charge in [-0.2, -0.15) is 5.10 Å². The maximum atomic E-state index is 12.2. The first kappa shape index (κ1) is 20.2. The monoisotopic (exact) mass is 405 g/mol. The molecule has 8 heteroatoms. The van der Waals surface area contributed by atoms with Crippen LogP contribution < -0.4 is 10.5 Å². The Morgan fingerprint density at radius 2 is 1.70 bits per heavy atom. The number of anilines is 1. The lowest BCUT2D eigenvalue weighted by Crippen LogP contribution is -2.48. The van der Waals surface area contributed by atoms with Crippen molar-refractivity contribution in [2.45, 2.75) is 26.3 Å². The van der Waals surface area contributed by atoms with Crippen LogP contribution in [0.4, 0.5) is 5.82 Å². The quantitative estimate of drug-likeness (QED) is 0.621. The third-order valence-corrected chi connectivity index (χ3v) is 5.34. The van der Waals surface area contributed by atoms with Crippen molar-refractivity contribution < 1.29 is 0 Å². The minimum Gasteiger partial charge on any atom is -0.354 e. The summed E-state index contributed by atoms with van der Waals surface area (Å²) in [5.41, 5.74) is 1.66. The highest BCUT2D eigenvalue weighted by Crippen LogP contribution is 2.17. The Balaban J connectivity index is 1.35. The molecule has 0 unspecified atom stereocenters. The highest BCUT2D eigenvalue weighted by Gasteiger charge is 2.19. The third kappa shape index (κ3) is 4.71. The van der Waals surface area contributed by atoms with Crippen LogP contribution in [0.1, 0.15) is 25.6 Å². The smallest absolute Gasteiger partial charge is 0.266 e. The number of rotatable bonds is 6. The third-order valence-electron chi connectivity index (χ3n) is 5.34. The number of nitrogens with zero attached hydrogens (tertiary/aromatic N) is 7. The Morgan fingerprint density at radius 3 is 2.43 bits per heavy atom.